The fraction of sp³-hybridized carbons (Fsp3) is 0.0588. The minimum Gasteiger partial charge on any atom is -0.495 e. The molecule has 24 heavy (non-hydrogen) atoms. The van der Waals surface area contributed by atoms with E-state index in [2.05, 4.69) is 42.2 Å². The van der Waals surface area contributed by atoms with Crippen LogP contribution in [0.2, 0.25) is 0 Å². The molecule has 0 saturated carbocycles. The maximum absolute atomic E-state index is 12.2. The number of hydrogen-bond donors (Lipinski definition) is 1. The Morgan fingerprint density at radius 1 is 1.21 bits per heavy atom. The maximum Gasteiger partial charge on any atom is 0.264 e. The van der Waals surface area contributed by atoms with Gasteiger partial charge in [-0.2, -0.15) is 0 Å². The Balaban J connectivity index is 1.92. The van der Waals surface area contributed by atoms with Gasteiger partial charge in [-0.25, -0.2) is 4.99 Å². The highest BCUT2D eigenvalue weighted by Gasteiger charge is 2.24. The van der Waals surface area contributed by atoms with Crippen LogP contribution in [-0.4, -0.2) is 18.2 Å². The Labute approximate surface area is 160 Å². The number of amidine groups is 1. The number of rotatable bonds is 3. The number of carbonyl (C=O) groups excluding carboxylic acids is 1. The number of benzene rings is 2. The largest absolute Gasteiger partial charge is 0.495 e. The summed E-state index contributed by atoms with van der Waals surface area (Å²) in [6, 6.07) is 13.3. The first-order chi connectivity index (χ1) is 11.6. The fourth-order valence-corrected chi connectivity index (χ4v) is 4.40. The monoisotopic (exact) mass is 466 g/mol. The van der Waals surface area contributed by atoms with E-state index in [1.54, 1.807) is 13.2 Å². The number of carbonyl (C=O) groups is 1. The van der Waals surface area contributed by atoms with Crippen molar-refractivity contribution in [3.63, 3.8) is 0 Å². The molecule has 1 aliphatic heterocycles. The maximum atomic E-state index is 12.2. The summed E-state index contributed by atoms with van der Waals surface area (Å²) in [7, 11) is 1.60. The van der Waals surface area contributed by atoms with Crippen LogP contribution < -0.4 is 10.1 Å². The molecule has 0 aromatic heterocycles. The molecule has 1 heterocycles. The Bertz CT molecular complexity index is 851. The molecule has 4 nitrogen and oxygen atoms in total. The van der Waals surface area contributed by atoms with Gasteiger partial charge in [-0.15, -0.1) is 0 Å². The Kier molecular flexibility index (Phi) is 5.43. The number of ether oxygens (including phenoxy) is 1. The van der Waals surface area contributed by atoms with E-state index in [9.17, 15) is 4.79 Å². The summed E-state index contributed by atoms with van der Waals surface area (Å²) in [6.45, 7) is 0. The van der Waals surface area contributed by atoms with E-state index in [1.807, 2.05) is 42.5 Å². The highest BCUT2D eigenvalue weighted by Crippen LogP contribution is 2.36. The van der Waals surface area contributed by atoms with Crippen molar-refractivity contribution in [2.45, 2.75) is 0 Å². The van der Waals surface area contributed by atoms with Gasteiger partial charge in [0.25, 0.3) is 5.91 Å². The second-order valence-electron chi connectivity index (χ2n) is 4.83. The lowest BCUT2D eigenvalue weighted by atomic mass is 10.2. The van der Waals surface area contributed by atoms with Crippen molar-refractivity contribution in [3.8, 4) is 5.75 Å². The number of halogens is 2. The van der Waals surface area contributed by atoms with Crippen molar-refractivity contribution in [2.24, 2.45) is 4.99 Å². The molecule has 2 aromatic rings. The quantitative estimate of drug-likeness (QED) is 0.638. The van der Waals surface area contributed by atoms with E-state index in [4.69, 9.17) is 4.74 Å². The van der Waals surface area contributed by atoms with Gasteiger partial charge in [0.1, 0.15) is 5.75 Å². The van der Waals surface area contributed by atoms with Crippen molar-refractivity contribution in [1.29, 1.82) is 0 Å². The van der Waals surface area contributed by atoms with Crippen LogP contribution in [0.3, 0.4) is 0 Å². The van der Waals surface area contributed by atoms with E-state index >= 15 is 0 Å². The molecule has 0 unspecified atom stereocenters. The highest BCUT2D eigenvalue weighted by molar-refractivity contribution is 9.11. The van der Waals surface area contributed by atoms with E-state index in [0.717, 1.165) is 20.2 Å². The zero-order valence-electron chi connectivity index (χ0n) is 12.5. The first-order valence-electron chi connectivity index (χ1n) is 6.94. The van der Waals surface area contributed by atoms with Gasteiger partial charge in [0.2, 0.25) is 0 Å². The second kappa shape index (κ2) is 7.55. The molecular formula is C17H12Br2N2O2S. The zero-order chi connectivity index (χ0) is 17.1. The van der Waals surface area contributed by atoms with Crippen molar-refractivity contribution in [1.82, 2.24) is 5.32 Å². The topological polar surface area (TPSA) is 50.7 Å². The smallest absolute Gasteiger partial charge is 0.264 e. The molecule has 2 aromatic carbocycles. The molecule has 0 radical (unpaired) electrons. The predicted octanol–water partition coefficient (Wildman–Crippen LogP) is 5.11. The van der Waals surface area contributed by atoms with E-state index < -0.39 is 0 Å². The summed E-state index contributed by atoms with van der Waals surface area (Å²) in [5.74, 6) is 0.500. The van der Waals surface area contributed by atoms with Crippen LogP contribution in [0, 0.1) is 0 Å². The van der Waals surface area contributed by atoms with Gasteiger partial charge in [-0.05, 0) is 58.0 Å². The summed E-state index contributed by atoms with van der Waals surface area (Å²) >= 11 is 8.22. The molecule has 1 saturated heterocycles. The Morgan fingerprint density at radius 3 is 2.67 bits per heavy atom. The normalized spacial score (nSPS) is 17.4. The molecule has 1 N–H and O–H groups in total. The Morgan fingerprint density at radius 2 is 1.96 bits per heavy atom. The van der Waals surface area contributed by atoms with Gasteiger partial charge in [-0.3, -0.25) is 4.79 Å². The average Bonchev–Trinajstić information content (AvgIpc) is 2.87. The van der Waals surface area contributed by atoms with Crippen molar-refractivity contribution in [2.75, 3.05) is 7.11 Å². The summed E-state index contributed by atoms with van der Waals surface area (Å²) in [5, 5.41) is 3.34. The summed E-state index contributed by atoms with van der Waals surface area (Å²) < 4.78 is 7.12. The zero-order valence-corrected chi connectivity index (χ0v) is 16.5. The molecule has 0 aliphatic carbocycles. The number of aliphatic imine (C=N–C) groups is 1. The van der Waals surface area contributed by atoms with Gasteiger partial charge < -0.3 is 10.1 Å². The van der Waals surface area contributed by atoms with Gasteiger partial charge in [-0.1, -0.05) is 34.1 Å². The van der Waals surface area contributed by atoms with Crippen molar-refractivity contribution in [3.05, 3.63) is 61.9 Å². The number of para-hydroxylation sites is 1. The molecular weight excluding hydrogens is 456 g/mol. The van der Waals surface area contributed by atoms with Crippen LogP contribution in [-0.2, 0) is 4.79 Å². The number of nitrogens with one attached hydrogen (secondary N) is 1. The fourth-order valence-electron chi connectivity index (χ4n) is 2.14. The number of amides is 1. The van der Waals surface area contributed by atoms with E-state index in [0.29, 0.717) is 15.8 Å². The third kappa shape index (κ3) is 3.91. The van der Waals surface area contributed by atoms with E-state index in [1.165, 1.54) is 11.8 Å². The van der Waals surface area contributed by atoms with Gasteiger partial charge in [0.15, 0.2) is 5.17 Å². The van der Waals surface area contributed by atoms with Crippen molar-refractivity contribution >= 4 is 66.5 Å². The Hall–Kier alpha value is -1.57. The van der Waals surface area contributed by atoms with Crippen LogP contribution in [0.25, 0.3) is 6.08 Å². The molecule has 1 aliphatic rings. The molecule has 0 spiro atoms. The second-order valence-corrected chi connectivity index (χ2v) is 7.63. The number of hydrogen-bond acceptors (Lipinski definition) is 4. The van der Waals surface area contributed by atoms with Crippen LogP contribution in [0.15, 0.2) is 61.3 Å². The third-order valence-corrected chi connectivity index (χ3v) is 5.12. The molecule has 1 fully saturated rings. The molecule has 122 valence electrons. The first-order valence-corrected chi connectivity index (χ1v) is 9.35. The lowest BCUT2D eigenvalue weighted by Crippen LogP contribution is -2.19. The minimum absolute atomic E-state index is 0.173. The molecule has 0 bridgehead atoms. The average molecular weight is 468 g/mol. The molecule has 3 rings (SSSR count). The minimum atomic E-state index is -0.173. The van der Waals surface area contributed by atoms with Crippen LogP contribution in [0.4, 0.5) is 5.69 Å². The first kappa shape index (κ1) is 17.3. The standard InChI is InChI=1S/C17H12Br2N2O2S/c1-23-15-10(7-11(18)9-13(15)19)8-14-16(22)21-17(24-14)20-12-5-3-2-4-6-12/h2-9H,1H3,(H,20,21,22)/b14-8-. The summed E-state index contributed by atoms with van der Waals surface area (Å²) in [5.41, 5.74) is 1.60. The van der Waals surface area contributed by atoms with Gasteiger partial charge in [0, 0.05) is 10.0 Å². The van der Waals surface area contributed by atoms with Crippen molar-refractivity contribution < 1.29 is 9.53 Å². The van der Waals surface area contributed by atoms with Crippen LogP contribution >= 0.6 is 43.6 Å². The van der Waals surface area contributed by atoms with Crippen LogP contribution in [0.5, 0.6) is 5.75 Å². The molecule has 7 heteroatoms. The SMILES string of the molecule is COc1c(Br)cc(Br)cc1/C=C1\SC(=Nc2ccccc2)NC1=O. The van der Waals surface area contributed by atoms with Gasteiger partial charge >= 0.3 is 0 Å². The molecule has 0 atom stereocenters. The number of thioether (sulfide) groups is 1. The van der Waals surface area contributed by atoms with Gasteiger partial charge in [0.05, 0.1) is 22.2 Å². The lowest BCUT2D eigenvalue weighted by Gasteiger charge is -2.08. The highest BCUT2D eigenvalue weighted by atomic mass is 79.9. The number of nitrogens with zero attached hydrogens (tertiary/aromatic N) is 1. The van der Waals surface area contributed by atoms with E-state index in [-0.39, 0.29) is 5.91 Å². The molecule has 1 amide bonds. The number of methoxy groups -OCH3 is 1. The third-order valence-electron chi connectivity index (χ3n) is 3.17. The van der Waals surface area contributed by atoms with Crippen LogP contribution in [0.1, 0.15) is 5.56 Å². The summed E-state index contributed by atoms with van der Waals surface area (Å²) in [4.78, 5) is 17.2. The predicted molar refractivity (Wildman–Crippen MR) is 106 cm³/mol. The lowest BCUT2D eigenvalue weighted by molar-refractivity contribution is -0.115. The summed E-state index contributed by atoms with van der Waals surface area (Å²) in [6.07, 6.45) is 1.79.